The number of hydrogen-bond acceptors (Lipinski definition) is 13. The first-order valence-corrected chi connectivity index (χ1v) is 27.3. The number of aliphatic hydroxyl groups is 2. The van der Waals surface area contributed by atoms with Gasteiger partial charge in [0.1, 0.15) is 16.7 Å². The molecule has 0 aliphatic carbocycles. The largest absolute Gasteiger partial charge is 0.522 e. The number of aliphatic hydroxyl groups excluding tert-OH is 2. The molecule has 20 heteroatoms. The first-order chi connectivity index (χ1) is 42.0. The second-order valence-electron chi connectivity index (χ2n) is 17.1. The topological polar surface area (TPSA) is 211 Å². The van der Waals surface area contributed by atoms with E-state index in [1.54, 1.807) is 43.4 Å². The number of aromatic nitrogens is 7. The maximum absolute atomic E-state index is 10.7. The zero-order chi connectivity index (χ0) is 61.0. The Hall–Kier alpha value is -9.33. The minimum atomic E-state index is -5.84. The average molecular weight is 1550 g/mol. The fraction of sp³-hybridized carbons (Fsp3) is 0.0441. The van der Waals surface area contributed by atoms with E-state index in [2.05, 4.69) is 65.2 Å². The maximum atomic E-state index is 10.7. The molecule has 9 heterocycles. The normalized spacial score (nSPS) is 10.2. The zero-order valence-electron chi connectivity index (χ0n) is 46.6. The van der Waals surface area contributed by atoms with Crippen molar-refractivity contribution in [3.8, 4) is 56.3 Å². The van der Waals surface area contributed by atoms with Gasteiger partial charge in [-0.25, -0.2) is 0 Å². The fourth-order valence-corrected chi connectivity index (χ4v) is 7.73. The Morgan fingerprint density at radius 2 is 0.716 bits per heavy atom. The van der Waals surface area contributed by atoms with E-state index in [-0.39, 0.29) is 40.2 Å². The molecule has 0 atom stereocenters. The van der Waals surface area contributed by atoms with Crippen LogP contribution in [0.25, 0.3) is 100 Å². The summed E-state index contributed by atoms with van der Waals surface area (Å²) >= 11 is 0. The molecule has 0 spiro atoms. The van der Waals surface area contributed by atoms with Gasteiger partial charge in [0, 0.05) is 109 Å². The molecule has 14 rings (SSSR count). The Kier molecular flexibility index (Phi) is 28.4. The van der Waals surface area contributed by atoms with Gasteiger partial charge >= 0.3 is 15.6 Å². The molecule has 0 amide bonds. The van der Waals surface area contributed by atoms with Crippen LogP contribution >= 0.6 is 0 Å². The third-order valence-corrected chi connectivity index (χ3v) is 12.1. The number of nitrogens with zero attached hydrogens (tertiary/aromatic N) is 7. The summed E-state index contributed by atoms with van der Waals surface area (Å²) in [6.45, 7) is 0. The van der Waals surface area contributed by atoms with E-state index in [0.717, 1.165) is 115 Å². The Morgan fingerprint density at radius 3 is 1.07 bits per heavy atom. The molecule has 0 fully saturated rings. The van der Waals surface area contributed by atoms with E-state index < -0.39 is 15.6 Å². The summed E-state index contributed by atoms with van der Waals surface area (Å²) in [6, 6.07) is 82.9. The summed E-state index contributed by atoms with van der Waals surface area (Å²) in [7, 11) is -3.84. The summed E-state index contributed by atoms with van der Waals surface area (Å²) in [6.07, 6.45) is 12.5. The molecule has 14 aromatic rings. The molecule has 0 bridgehead atoms. The van der Waals surface area contributed by atoms with Crippen LogP contribution in [0.2, 0.25) is 0 Å². The van der Waals surface area contributed by atoms with Gasteiger partial charge in [-0.3, -0.25) is 19.5 Å². The Labute approximate surface area is 533 Å². The van der Waals surface area contributed by atoms with Crippen molar-refractivity contribution in [2.24, 2.45) is 0 Å². The van der Waals surface area contributed by atoms with Crippen LogP contribution in [0.1, 0.15) is 0 Å². The first-order valence-electron chi connectivity index (χ1n) is 25.8. The molecule has 450 valence electrons. The van der Waals surface area contributed by atoms with E-state index in [4.69, 9.17) is 32.0 Å². The van der Waals surface area contributed by atoms with Gasteiger partial charge in [0.25, 0.3) is 0 Å². The predicted octanol–water partition coefficient (Wildman–Crippen LogP) is 15.1. The average Bonchev–Trinajstić information content (AvgIpc) is 4.37. The smallest absolute Gasteiger partial charge is 0.499 e. The molecule has 0 aliphatic rings. The summed E-state index contributed by atoms with van der Waals surface area (Å²) in [5.74, 6) is 0. The van der Waals surface area contributed by atoms with Gasteiger partial charge in [-0.15, -0.1) is 131 Å². The predicted molar refractivity (Wildman–Crippen MR) is 328 cm³/mol. The summed E-state index contributed by atoms with van der Waals surface area (Å²) in [4.78, 5) is 30.1. The van der Waals surface area contributed by atoms with E-state index in [9.17, 15) is 13.2 Å². The SMILES string of the molecule is CO.CO.O=S(=O)(O)C(F)(F)F.[Ir].[Ir].[c-]1cc2oc3cccnc3c2cc1-c1ccccn1.[c-]1ccccc1-c1ccccn1.[c-]1ccccc1-c1ccccn1.[c-]1ccccc1-c1ccccn1.c1ccc(-c2ccc3oc4cccnc4c3c2)nc1. The molecular formula is C68H52F3Ir2N7O7S-4. The molecule has 0 saturated carbocycles. The molecule has 0 saturated heterocycles. The van der Waals surface area contributed by atoms with Crippen molar-refractivity contribution in [1.29, 1.82) is 0 Å². The van der Waals surface area contributed by atoms with Crippen LogP contribution in [0.15, 0.2) is 271 Å². The van der Waals surface area contributed by atoms with Gasteiger partial charge < -0.3 is 39.0 Å². The Bertz CT molecular complexity index is 3910. The van der Waals surface area contributed by atoms with Crippen molar-refractivity contribution in [1.82, 2.24) is 34.9 Å². The minimum absolute atomic E-state index is 0. The van der Waals surface area contributed by atoms with Crippen molar-refractivity contribution in [2.75, 3.05) is 14.2 Å². The number of fused-ring (bicyclic) bond motifs is 6. The molecule has 2 radical (unpaired) electrons. The molecule has 3 N–H and O–H groups in total. The van der Waals surface area contributed by atoms with Crippen molar-refractivity contribution >= 4 is 54.3 Å². The van der Waals surface area contributed by atoms with Crippen molar-refractivity contribution in [3.63, 3.8) is 0 Å². The quantitative estimate of drug-likeness (QED) is 0.0831. The van der Waals surface area contributed by atoms with Gasteiger partial charge in [0.2, 0.25) is 0 Å². The number of furan rings is 2. The standard InChI is InChI=1S/C16H10N2O.C16H9N2O.3C11H8N.CHF3O3S.2CH4O.2Ir/c2*1-2-8-17-13(4-1)11-6-7-14-12(10-11)16-15(19-14)5-3-9-18-16;3*1-2-6-10(7-3-1)11-8-4-5-9-12-11;2-1(3,4)8(5,6)7;2*1-2;;/h1-10H;1-5,7-10H;3*1-6,8-9H;(H,5,6,7);2*2H,1H3;;/q;4*-1;;;;;. The molecule has 0 aliphatic heterocycles. The first kappa shape index (κ1) is 69.4. The summed E-state index contributed by atoms with van der Waals surface area (Å²) in [5, 5.41) is 16.0. The Balaban J connectivity index is 0.000000193. The van der Waals surface area contributed by atoms with Crippen molar-refractivity contribution < 1.29 is 85.4 Å². The fourth-order valence-electron chi connectivity index (χ4n) is 7.73. The number of hydrogen-bond donors (Lipinski definition) is 3. The molecule has 14 nitrogen and oxygen atoms in total. The van der Waals surface area contributed by atoms with E-state index in [0.29, 0.717) is 0 Å². The van der Waals surface area contributed by atoms with Crippen LogP contribution in [0.3, 0.4) is 0 Å². The summed E-state index contributed by atoms with van der Waals surface area (Å²) < 4.78 is 69.0. The zero-order valence-corrected chi connectivity index (χ0v) is 52.2. The van der Waals surface area contributed by atoms with Gasteiger partial charge in [-0.05, 0) is 107 Å². The third-order valence-electron chi connectivity index (χ3n) is 11.5. The molecule has 0 unspecified atom stereocenters. The van der Waals surface area contributed by atoms with E-state index >= 15 is 0 Å². The number of alkyl halides is 3. The van der Waals surface area contributed by atoms with Crippen LogP contribution in [-0.2, 0) is 50.3 Å². The van der Waals surface area contributed by atoms with Crippen LogP contribution in [0.5, 0.6) is 0 Å². The summed E-state index contributed by atoms with van der Waals surface area (Å²) in [5.41, 5.74) is 9.41. The second kappa shape index (κ2) is 36.0. The number of rotatable bonds is 5. The van der Waals surface area contributed by atoms with Crippen molar-refractivity contribution in [2.45, 2.75) is 5.51 Å². The monoisotopic (exact) mass is 1550 g/mol. The second-order valence-corrected chi connectivity index (χ2v) is 18.5. The van der Waals surface area contributed by atoms with Gasteiger partial charge in [-0.1, -0.05) is 54.6 Å². The molecule has 5 aromatic carbocycles. The van der Waals surface area contributed by atoms with E-state index in [1.807, 2.05) is 212 Å². The van der Waals surface area contributed by atoms with Gasteiger partial charge in [-0.2, -0.15) is 21.6 Å². The number of pyridine rings is 7. The van der Waals surface area contributed by atoms with Crippen LogP contribution in [-0.4, -0.2) is 77.8 Å². The van der Waals surface area contributed by atoms with Gasteiger partial charge in [0.15, 0.2) is 5.58 Å². The van der Waals surface area contributed by atoms with Crippen LogP contribution < -0.4 is 0 Å². The van der Waals surface area contributed by atoms with Gasteiger partial charge in [0.05, 0.1) is 16.8 Å². The van der Waals surface area contributed by atoms with Crippen LogP contribution in [0.4, 0.5) is 13.2 Å². The van der Waals surface area contributed by atoms with Crippen LogP contribution in [0, 0.1) is 24.3 Å². The Morgan fingerprint density at radius 1 is 0.375 bits per heavy atom. The van der Waals surface area contributed by atoms with E-state index in [1.165, 1.54) is 0 Å². The molecule has 88 heavy (non-hydrogen) atoms. The maximum Gasteiger partial charge on any atom is 0.522 e. The number of benzene rings is 5. The molecular weight excluding hydrogens is 1500 g/mol. The minimum Gasteiger partial charge on any atom is -0.499 e. The number of halogens is 3. The third kappa shape index (κ3) is 20.1. The van der Waals surface area contributed by atoms with Crippen molar-refractivity contribution in [3.05, 3.63) is 286 Å². The molecule has 9 aromatic heterocycles.